The molecule has 0 saturated heterocycles. The summed E-state index contributed by atoms with van der Waals surface area (Å²) in [6, 6.07) is 15.0. The Labute approximate surface area is 150 Å². The predicted molar refractivity (Wildman–Crippen MR) is 98.6 cm³/mol. The van der Waals surface area contributed by atoms with E-state index in [1.807, 2.05) is 35.2 Å². The monoisotopic (exact) mass is 353 g/mol. The highest BCUT2D eigenvalue weighted by Gasteiger charge is 2.18. The number of anilines is 2. The zero-order valence-corrected chi connectivity index (χ0v) is 14.4. The molecule has 3 rings (SSSR count). The van der Waals surface area contributed by atoms with E-state index in [-0.39, 0.29) is 12.3 Å². The molecule has 0 radical (unpaired) electrons. The number of hydrogen-bond donors (Lipinski definition) is 1. The molecule has 0 aliphatic rings. The lowest BCUT2D eigenvalue weighted by Crippen LogP contribution is -2.22. The lowest BCUT2D eigenvalue weighted by atomic mass is 10.1. The first-order valence-electron chi connectivity index (χ1n) is 7.68. The molecule has 0 aliphatic carbocycles. The molecule has 0 saturated carbocycles. The summed E-state index contributed by atoms with van der Waals surface area (Å²) in [5, 5.41) is 21.4. The number of aliphatic hydroxyl groups is 1. The smallest absolute Gasteiger partial charge is 0.164 e. The number of ether oxygens (including phenoxy) is 1. The van der Waals surface area contributed by atoms with Gasteiger partial charge in [-0.3, -0.25) is 0 Å². The molecule has 0 amide bonds. The summed E-state index contributed by atoms with van der Waals surface area (Å²) in [7, 11) is 1.59. The Balaban J connectivity index is 2.30. The first-order chi connectivity index (χ1) is 12.2. The molecule has 25 heavy (non-hydrogen) atoms. The minimum atomic E-state index is -0.0856. The number of halogens is 1. The topological polar surface area (TPSA) is 69.4 Å². The molecule has 0 bridgehead atoms. The maximum Gasteiger partial charge on any atom is 0.164 e. The SMILES string of the molecule is COc1ccc2cnc(C#N)c(N(CCO)c3cccc(Cl)c3)c2c1. The van der Waals surface area contributed by atoms with Gasteiger partial charge in [0.15, 0.2) is 5.69 Å². The zero-order chi connectivity index (χ0) is 17.8. The van der Waals surface area contributed by atoms with Gasteiger partial charge < -0.3 is 14.7 Å². The van der Waals surface area contributed by atoms with Gasteiger partial charge >= 0.3 is 0 Å². The first kappa shape index (κ1) is 17.0. The summed E-state index contributed by atoms with van der Waals surface area (Å²) < 4.78 is 5.32. The molecular formula is C19H16ClN3O2. The van der Waals surface area contributed by atoms with Crippen molar-refractivity contribution in [2.45, 2.75) is 0 Å². The van der Waals surface area contributed by atoms with Crippen molar-refractivity contribution in [3.63, 3.8) is 0 Å². The fraction of sp³-hybridized carbons (Fsp3) is 0.158. The molecule has 0 aliphatic heterocycles. The Morgan fingerprint density at radius 1 is 1.28 bits per heavy atom. The molecule has 1 aromatic heterocycles. The van der Waals surface area contributed by atoms with Gasteiger partial charge in [0.1, 0.15) is 11.8 Å². The predicted octanol–water partition coefficient (Wildman–Crippen LogP) is 3.90. The minimum Gasteiger partial charge on any atom is -0.497 e. The fourth-order valence-corrected chi connectivity index (χ4v) is 2.96. The Hall–Kier alpha value is -2.81. The van der Waals surface area contributed by atoms with Crippen LogP contribution in [0.2, 0.25) is 5.02 Å². The molecule has 0 atom stereocenters. The van der Waals surface area contributed by atoms with Crippen LogP contribution in [-0.4, -0.2) is 30.4 Å². The number of benzene rings is 2. The molecule has 0 spiro atoms. The maximum atomic E-state index is 9.56. The number of aromatic nitrogens is 1. The Bertz CT molecular complexity index is 953. The number of rotatable bonds is 5. The molecule has 0 unspecified atom stereocenters. The second kappa shape index (κ2) is 7.39. The molecule has 2 aromatic carbocycles. The van der Waals surface area contributed by atoms with E-state index in [9.17, 15) is 10.4 Å². The summed E-state index contributed by atoms with van der Waals surface area (Å²) in [4.78, 5) is 6.12. The van der Waals surface area contributed by atoms with Crippen LogP contribution in [0.15, 0.2) is 48.7 Å². The number of nitriles is 1. The average Bonchev–Trinajstić information content (AvgIpc) is 2.65. The highest BCUT2D eigenvalue weighted by Crippen LogP contribution is 2.36. The summed E-state index contributed by atoms with van der Waals surface area (Å²) in [5.74, 6) is 0.680. The molecule has 0 fully saturated rings. The third-order valence-corrected chi connectivity index (χ3v) is 4.13. The minimum absolute atomic E-state index is 0.0856. The van der Waals surface area contributed by atoms with Crippen LogP contribution in [0, 0.1) is 11.3 Å². The van der Waals surface area contributed by atoms with Crippen molar-refractivity contribution >= 4 is 33.7 Å². The van der Waals surface area contributed by atoms with Crippen LogP contribution in [0.25, 0.3) is 10.8 Å². The van der Waals surface area contributed by atoms with E-state index >= 15 is 0 Å². The van der Waals surface area contributed by atoms with Crippen molar-refractivity contribution in [3.8, 4) is 11.8 Å². The van der Waals surface area contributed by atoms with E-state index in [4.69, 9.17) is 16.3 Å². The quantitative estimate of drug-likeness (QED) is 0.753. The molecule has 5 nitrogen and oxygen atoms in total. The zero-order valence-electron chi connectivity index (χ0n) is 13.6. The van der Waals surface area contributed by atoms with Crippen LogP contribution in [0.5, 0.6) is 5.75 Å². The third-order valence-electron chi connectivity index (χ3n) is 3.89. The summed E-state index contributed by atoms with van der Waals surface area (Å²) in [6.07, 6.45) is 1.66. The Morgan fingerprint density at radius 2 is 2.12 bits per heavy atom. The van der Waals surface area contributed by atoms with E-state index in [1.165, 1.54) is 0 Å². The lowest BCUT2D eigenvalue weighted by Gasteiger charge is -2.26. The van der Waals surface area contributed by atoms with Crippen LogP contribution < -0.4 is 9.64 Å². The second-order valence-electron chi connectivity index (χ2n) is 5.38. The van der Waals surface area contributed by atoms with E-state index in [0.29, 0.717) is 23.0 Å². The average molecular weight is 354 g/mol. The molecule has 1 heterocycles. The van der Waals surface area contributed by atoms with Crippen LogP contribution in [0.1, 0.15) is 5.69 Å². The van der Waals surface area contributed by atoms with Gasteiger partial charge in [-0.1, -0.05) is 17.7 Å². The van der Waals surface area contributed by atoms with Crippen LogP contribution >= 0.6 is 11.6 Å². The van der Waals surface area contributed by atoms with Crippen molar-refractivity contribution in [1.29, 1.82) is 5.26 Å². The van der Waals surface area contributed by atoms with Gasteiger partial charge in [-0.2, -0.15) is 5.26 Å². The van der Waals surface area contributed by atoms with Crippen LogP contribution in [0.3, 0.4) is 0 Å². The molecule has 1 N–H and O–H groups in total. The standard InChI is InChI=1S/C19H16ClN3O2/c1-25-16-6-5-13-12-22-18(11-21)19(17(13)10-16)23(7-8-24)15-4-2-3-14(20)9-15/h2-6,9-10,12,24H,7-8H2,1H3. The Morgan fingerprint density at radius 3 is 2.80 bits per heavy atom. The van der Waals surface area contributed by atoms with Gasteiger partial charge in [0.2, 0.25) is 0 Å². The van der Waals surface area contributed by atoms with Crippen LogP contribution in [-0.2, 0) is 0 Å². The van der Waals surface area contributed by atoms with E-state index in [0.717, 1.165) is 16.5 Å². The second-order valence-corrected chi connectivity index (χ2v) is 5.81. The molecular weight excluding hydrogens is 338 g/mol. The van der Waals surface area contributed by atoms with Crippen molar-refractivity contribution in [2.24, 2.45) is 0 Å². The van der Waals surface area contributed by atoms with E-state index in [2.05, 4.69) is 11.1 Å². The van der Waals surface area contributed by atoms with E-state index < -0.39 is 0 Å². The van der Waals surface area contributed by atoms with Crippen LogP contribution in [0.4, 0.5) is 11.4 Å². The number of pyridine rings is 1. The van der Waals surface area contributed by atoms with Gasteiger partial charge in [0.05, 0.1) is 19.4 Å². The molecule has 3 aromatic rings. The van der Waals surface area contributed by atoms with Gasteiger partial charge in [-0.15, -0.1) is 0 Å². The number of hydrogen-bond acceptors (Lipinski definition) is 5. The summed E-state index contributed by atoms with van der Waals surface area (Å²) >= 11 is 6.13. The van der Waals surface area contributed by atoms with Crippen molar-refractivity contribution < 1.29 is 9.84 Å². The summed E-state index contributed by atoms with van der Waals surface area (Å²) in [5.41, 5.74) is 1.67. The summed E-state index contributed by atoms with van der Waals surface area (Å²) in [6.45, 7) is 0.213. The largest absolute Gasteiger partial charge is 0.497 e. The lowest BCUT2D eigenvalue weighted by molar-refractivity contribution is 0.305. The van der Waals surface area contributed by atoms with E-state index in [1.54, 1.807) is 25.4 Å². The number of fused-ring (bicyclic) bond motifs is 1. The highest BCUT2D eigenvalue weighted by molar-refractivity contribution is 6.30. The first-order valence-corrected chi connectivity index (χ1v) is 8.06. The molecule has 6 heteroatoms. The number of aliphatic hydroxyl groups excluding tert-OH is 1. The van der Waals surface area contributed by atoms with Crippen molar-refractivity contribution in [3.05, 3.63) is 59.4 Å². The molecule has 126 valence electrons. The van der Waals surface area contributed by atoms with Gasteiger partial charge in [0.25, 0.3) is 0 Å². The van der Waals surface area contributed by atoms with Gasteiger partial charge in [0, 0.05) is 34.2 Å². The number of nitrogens with zero attached hydrogens (tertiary/aromatic N) is 3. The normalized spacial score (nSPS) is 10.5. The Kier molecular flexibility index (Phi) is 5.03. The van der Waals surface area contributed by atoms with Gasteiger partial charge in [-0.25, -0.2) is 4.98 Å². The maximum absolute atomic E-state index is 9.56. The third kappa shape index (κ3) is 3.36. The fourth-order valence-electron chi connectivity index (χ4n) is 2.77. The highest BCUT2D eigenvalue weighted by atomic mass is 35.5. The number of methoxy groups -OCH3 is 1. The van der Waals surface area contributed by atoms with Gasteiger partial charge in [-0.05, 0) is 36.4 Å². The van der Waals surface area contributed by atoms with Crippen molar-refractivity contribution in [1.82, 2.24) is 4.98 Å². The van der Waals surface area contributed by atoms with Crippen molar-refractivity contribution in [2.75, 3.05) is 25.2 Å².